The summed E-state index contributed by atoms with van der Waals surface area (Å²) in [6.45, 7) is 2.04. The Kier molecular flexibility index (Phi) is 5.58. The molecule has 0 atom stereocenters. The average Bonchev–Trinajstić information content (AvgIpc) is 3.28. The van der Waals surface area contributed by atoms with Crippen LogP contribution >= 0.6 is 0 Å². The molecule has 5 aromatic rings. The van der Waals surface area contributed by atoms with Crippen molar-refractivity contribution in [2.75, 3.05) is 31.6 Å². The van der Waals surface area contributed by atoms with Gasteiger partial charge in [-0.15, -0.1) is 0 Å². The number of hydrogen-bond acceptors (Lipinski definition) is 5. The van der Waals surface area contributed by atoms with E-state index in [-0.39, 0.29) is 5.91 Å². The van der Waals surface area contributed by atoms with Gasteiger partial charge in [0.25, 0.3) is 5.91 Å². The van der Waals surface area contributed by atoms with Crippen molar-refractivity contribution < 1.29 is 13.9 Å². The number of anilines is 2. The van der Waals surface area contributed by atoms with Crippen LogP contribution in [0.4, 0.5) is 15.8 Å². The smallest absolute Gasteiger partial charge is 0.254 e. The second-order valence-corrected chi connectivity index (χ2v) is 8.87. The molecule has 1 N–H and O–H groups in total. The standard InChI is InChI=1S/C28H24FN5O2/c1-33-17-31-26-16-20(4-7-27(26)33)32-25-8-9-30-24-6-3-18(14-22(24)25)21-5-2-19(15-23(21)29)28(35)34-10-12-36-13-11-34/h2-9,14-17H,10-13H2,1H3,(H,30,32). The van der Waals surface area contributed by atoms with E-state index in [1.165, 1.54) is 6.07 Å². The van der Waals surface area contributed by atoms with E-state index in [0.717, 1.165) is 33.3 Å². The van der Waals surface area contributed by atoms with Crippen molar-refractivity contribution in [3.63, 3.8) is 0 Å². The molecule has 180 valence electrons. The molecule has 2 aromatic heterocycles. The molecule has 0 unspecified atom stereocenters. The maximum absolute atomic E-state index is 15.2. The highest BCUT2D eigenvalue weighted by Crippen LogP contribution is 2.32. The Balaban J connectivity index is 1.32. The third-order valence-corrected chi connectivity index (χ3v) is 6.57. The van der Waals surface area contributed by atoms with Crippen molar-refractivity contribution in [1.82, 2.24) is 19.4 Å². The third-order valence-electron chi connectivity index (χ3n) is 6.57. The molecule has 0 radical (unpaired) electrons. The number of amides is 1. The lowest BCUT2D eigenvalue weighted by atomic mass is 10.00. The van der Waals surface area contributed by atoms with Crippen LogP contribution in [-0.2, 0) is 11.8 Å². The topological polar surface area (TPSA) is 72.3 Å². The summed E-state index contributed by atoms with van der Waals surface area (Å²) in [7, 11) is 1.96. The molecule has 1 aliphatic heterocycles. The van der Waals surface area contributed by atoms with Gasteiger partial charge in [-0.1, -0.05) is 12.1 Å². The second kappa shape index (κ2) is 9.05. The molecule has 6 rings (SSSR count). The fourth-order valence-corrected chi connectivity index (χ4v) is 4.62. The summed E-state index contributed by atoms with van der Waals surface area (Å²) in [4.78, 5) is 23.4. The maximum Gasteiger partial charge on any atom is 0.254 e. The molecule has 3 aromatic carbocycles. The van der Waals surface area contributed by atoms with Crippen LogP contribution in [0.25, 0.3) is 33.1 Å². The summed E-state index contributed by atoms with van der Waals surface area (Å²) in [5, 5.41) is 4.32. The van der Waals surface area contributed by atoms with Crippen LogP contribution in [0.1, 0.15) is 10.4 Å². The SMILES string of the molecule is Cn1cnc2cc(Nc3ccnc4ccc(-c5ccc(C(=O)N6CCOCC6)cc5F)cc34)ccc21. The van der Waals surface area contributed by atoms with Gasteiger partial charge in [0.15, 0.2) is 0 Å². The Labute approximate surface area is 207 Å². The number of halogens is 1. The molecule has 1 amide bonds. The predicted molar refractivity (Wildman–Crippen MR) is 138 cm³/mol. The molecule has 8 heteroatoms. The second-order valence-electron chi connectivity index (χ2n) is 8.87. The number of benzene rings is 3. The molecule has 0 aliphatic carbocycles. The fourth-order valence-electron chi connectivity index (χ4n) is 4.62. The number of pyridine rings is 1. The minimum atomic E-state index is -0.438. The molecule has 3 heterocycles. The highest BCUT2D eigenvalue weighted by Gasteiger charge is 2.20. The Morgan fingerprint density at radius 1 is 0.972 bits per heavy atom. The number of rotatable bonds is 4. The number of carbonyl (C=O) groups is 1. The first-order valence-corrected chi connectivity index (χ1v) is 11.8. The van der Waals surface area contributed by atoms with Gasteiger partial charge in [-0.25, -0.2) is 9.37 Å². The summed E-state index contributed by atoms with van der Waals surface area (Å²) >= 11 is 0. The van der Waals surface area contributed by atoms with Gasteiger partial charge in [0, 0.05) is 54.2 Å². The summed E-state index contributed by atoms with van der Waals surface area (Å²) in [6.07, 6.45) is 3.53. The predicted octanol–water partition coefficient (Wildman–Crippen LogP) is 5.14. The lowest BCUT2D eigenvalue weighted by Crippen LogP contribution is -2.40. The van der Waals surface area contributed by atoms with Crippen molar-refractivity contribution in [2.45, 2.75) is 0 Å². The van der Waals surface area contributed by atoms with Crippen LogP contribution in [0, 0.1) is 5.82 Å². The van der Waals surface area contributed by atoms with Gasteiger partial charge in [0.05, 0.1) is 36.1 Å². The number of nitrogens with zero attached hydrogens (tertiary/aromatic N) is 4. The van der Waals surface area contributed by atoms with E-state index in [2.05, 4.69) is 15.3 Å². The van der Waals surface area contributed by atoms with E-state index < -0.39 is 5.82 Å². The first kappa shape index (κ1) is 22.2. The van der Waals surface area contributed by atoms with Crippen LogP contribution < -0.4 is 5.32 Å². The lowest BCUT2D eigenvalue weighted by Gasteiger charge is -2.27. The van der Waals surface area contributed by atoms with Crippen LogP contribution in [0.3, 0.4) is 0 Å². The highest BCUT2D eigenvalue weighted by atomic mass is 19.1. The summed E-state index contributed by atoms with van der Waals surface area (Å²) in [6, 6.07) is 18.2. The average molecular weight is 482 g/mol. The fraction of sp³-hybridized carbons (Fsp3) is 0.179. The number of nitrogens with one attached hydrogen (secondary N) is 1. The summed E-state index contributed by atoms with van der Waals surface area (Å²) < 4.78 is 22.5. The molecule has 0 spiro atoms. The Bertz CT molecular complexity index is 1610. The molecular weight excluding hydrogens is 457 g/mol. The van der Waals surface area contributed by atoms with E-state index in [0.29, 0.717) is 43.0 Å². The van der Waals surface area contributed by atoms with Crippen LogP contribution in [-0.4, -0.2) is 51.6 Å². The largest absolute Gasteiger partial charge is 0.378 e. The zero-order chi connectivity index (χ0) is 24.6. The van der Waals surface area contributed by atoms with Gasteiger partial charge < -0.3 is 19.5 Å². The van der Waals surface area contributed by atoms with E-state index in [4.69, 9.17) is 4.74 Å². The Morgan fingerprint density at radius 2 is 1.83 bits per heavy atom. The minimum absolute atomic E-state index is 0.178. The quantitative estimate of drug-likeness (QED) is 0.385. The van der Waals surface area contributed by atoms with Crippen molar-refractivity contribution >= 4 is 39.2 Å². The maximum atomic E-state index is 15.2. The van der Waals surface area contributed by atoms with Gasteiger partial charge in [-0.3, -0.25) is 9.78 Å². The van der Waals surface area contributed by atoms with Crippen molar-refractivity contribution in [1.29, 1.82) is 0 Å². The zero-order valence-electron chi connectivity index (χ0n) is 19.7. The van der Waals surface area contributed by atoms with Crippen molar-refractivity contribution in [2.24, 2.45) is 7.05 Å². The van der Waals surface area contributed by atoms with Crippen LogP contribution in [0.15, 0.2) is 73.2 Å². The monoisotopic (exact) mass is 481 g/mol. The first-order chi connectivity index (χ1) is 17.6. The molecule has 36 heavy (non-hydrogen) atoms. The lowest BCUT2D eigenvalue weighted by molar-refractivity contribution is 0.0302. The molecule has 1 aliphatic rings. The van der Waals surface area contributed by atoms with Gasteiger partial charge in [-0.05, 0) is 54.1 Å². The van der Waals surface area contributed by atoms with Crippen molar-refractivity contribution in [3.8, 4) is 11.1 Å². The molecule has 0 bridgehead atoms. The summed E-state index contributed by atoms with van der Waals surface area (Å²) in [5.74, 6) is -0.615. The Hall–Kier alpha value is -4.30. The normalized spacial score (nSPS) is 13.9. The van der Waals surface area contributed by atoms with Gasteiger partial charge in [0.1, 0.15) is 5.82 Å². The van der Waals surface area contributed by atoms with E-state index in [1.54, 1.807) is 29.6 Å². The van der Waals surface area contributed by atoms with E-state index in [9.17, 15) is 4.79 Å². The third kappa shape index (κ3) is 4.05. The van der Waals surface area contributed by atoms with E-state index in [1.807, 2.05) is 54.1 Å². The van der Waals surface area contributed by atoms with Gasteiger partial charge in [0.2, 0.25) is 0 Å². The molecule has 7 nitrogen and oxygen atoms in total. The number of morpholine rings is 1. The number of ether oxygens (including phenoxy) is 1. The zero-order valence-corrected chi connectivity index (χ0v) is 19.7. The molecule has 1 fully saturated rings. The molecule has 1 saturated heterocycles. The number of carbonyl (C=O) groups excluding carboxylic acids is 1. The first-order valence-electron chi connectivity index (χ1n) is 11.8. The van der Waals surface area contributed by atoms with Gasteiger partial charge >= 0.3 is 0 Å². The van der Waals surface area contributed by atoms with Crippen LogP contribution in [0.5, 0.6) is 0 Å². The van der Waals surface area contributed by atoms with E-state index >= 15 is 4.39 Å². The molecule has 0 saturated carbocycles. The number of fused-ring (bicyclic) bond motifs is 2. The number of aryl methyl sites for hydroxylation is 1. The number of aromatic nitrogens is 3. The highest BCUT2D eigenvalue weighted by molar-refractivity contribution is 5.97. The van der Waals surface area contributed by atoms with Crippen molar-refractivity contribution in [3.05, 3.63) is 84.6 Å². The van der Waals surface area contributed by atoms with Gasteiger partial charge in [-0.2, -0.15) is 0 Å². The van der Waals surface area contributed by atoms with Crippen LogP contribution in [0.2, 0.25) is 0 Å². The number of imidazole rings is 1. The number of hydrogen-bond donors (Lipinski definition) is 1. The molecular formula is C28H24FN5O2. The minimum Gasteiger partial charge on any atom is -0.378 e. The summed E-state index contributed by atoms with van der Waals surface area (Å²) in [5.41, 5.74) is 5.98. The Morgan fingerprint density at radius 3 is 2.67 bits per heavy atom.